The van der Waals surface area contributed by atoms with Crippen LogP contribution in [0.2, 0.25) is 0 Å². The fourth-order valence-electron chi connectivity index (χ4n) is 1.76. The Kier molecular flexibility index (Phi) is 3.06. The zero-order chi connectivity index (χ0) is 10.7. The van der Waals surface area contributed by atoms with Gasteiger partial charge >= 0.3 is 0 Å². The van der Waals surface area contributed by atoms with E-state index in [0.717, 1.165) is 25.1 Å². The number of hydrogen-bond acceptors (Lipinski definition) is 3. The van der Waals surface area contributed by atoms with Crippen molar-refractivity contribution in [1.82, 2.24) is 9.55 Å². The van der Waals surface area contributed by atoms with Crippen LogP contribution in [0.4, 0.5) is 0 Å². The molecule has 0 radical (unpaired) electrons. The molecule has 0 fully saturated rings. The third-order valence-corrected chi connectivity index (χ3v) is 2.49. The quantitative estimate of drug-likeness (QED) is 0.818. The van der Waals surface area contributed by atoms with Crippen LogP contribution >= 0.6 is 0 Å². The van der Waals surface area contributed by atoms with Crippen molar-refractivity contribution in [2.45, 2.75) is 32.4 Å². The van der Waals surface area contributed by atoms with E-state index < -0.39 is 6.10 Å². The summed E-state index contributed by atoms with van der Waals surface area (Å²) < 4.78 is 7.31. The number of aliphatic hydroxyl groups is 1. The smallest absolute Gasteiger partial charge is 0.152 e. The Morgan fingerprint density at radius 3 is 3.20 bits per heavy atom. The van der Waals surface area contributed by atoms with Crippen molar-refractivity contribution in [2.75, 3.05) is 6.61 Å². The molecule has 1 aliphatic rings. The summed E-state index contributed by atoms with van der Waals surface area (Å²) in [6, 6.07) is 0. The second kappa shape index (κ2) is 4.49. The van der Waals surface area contributed by atoms with Gasteiger partial charge in [0.15, 0.2) is 6.10 Å². The van der Waals surface area contributed by atoms with Gasteiger partial charge in [0, 0.05) is 13.0 Å². The Morgan fingerprint density at radius 1 is 1.67 bits per heavy atom. The van der Waals surface area contributed by atoms with Gasteiger partial charge in [0.25, 0.3) is 0 Å². The summed E-state index contributed by atoms with van der Waals surface area (Å²) in [5.41, 5.74) is 0.810. The zero-order valence-corrected chi connectivity index (χ0v) is 8.89. The Balaban J connectivity index is 2.16. The molecule has 0 amide bonds. The van der Waals surface area contributed by atoms with Crippen molar-refractivity contribution >= 4 is 0 Å². The molecule has 0 saturated carbocycles. The van der Waals surface area contributed by atoms with E-state index in [0.29, 0.717) is 12.4 Å². The average molecular weight is 208 g/mol. The third kappa shape index (κ3) is 2.04. The molecule has 1 atom stereocenters. The van der Waals surface area contributed by atoms with Crippen LogP contribution in [0.25, 0.3) is 0 Å². The Bertz CT molecular complexity index is 357. The SMILES string of the molecule is CCCn1cncc1C(O)C1=CCCO1. The van der Waals surface area contributed by atoms with Gasteiger partial charge in [0.05, 0.1) is 24.8 Å². The lowest BCUT2D eigenvalue weighted by Gasteiger charge is -2.14. The van der Waals surface area contributed by atoms with Crippen molar-refractivity contribution < 1.29 is 9.84 Å². The van der Waals surface area contributed by atoms with E-state index in [4.69, 9.17) is 4.74 Å². The van der Waals surface area contributed by atoms with Gasteiger partial charge in [-0.3, -0.25) is 0 Å². The van der Waals surface area contributed by atoms with Crippen LogP contribution in [0.3, 0.4) is 0 Å². The molecule has 2 rings (SSSR count). The number of rotatable bonds is 4. The highest BCUT2D eigenvalue weighted by Gasteiger charge is 2.20. The van der Waals surface area contributed by atoms with Gasteiger partial charge in [0.1, 0.15) is 5.76 Å². The molecule has 0 aliphatic carbocycles. The summed E-state index contributed by atoms with van der Waals surface area (Å²) in [7, 11) is 0. The number of nitrogens with zero attached hydrogens (tertiary/aromatic N) is 2. The number of ether oxygens (including phenoxy) is 1. The van der Waals surface area contributed by atoms with Gasteiger partial charge in [-0.05, 0) is 12.5 Å². The maximum absolute atomic E-state index is 10.1. The highest BCUT2D eigenvalue weighted by Crippen LogP contribution is 2.25. The van der Waals surface area contributed by atoms with Gasteiger partial charge < -0.3 is 14.4 Å². The fourth-order valence-corrected chi connectivity index (χ4v) is 1.76. The summed E-state index contributed by atoms with van der Waals surface area (Å²) in [5.74, 6) is 0.660. The van der Waals surface area contributed by atoms with Crippen molar-refractivity contribution in [1.29, 1.82) is 0 Å². The number of aryl methyl sites for hydroxylation is 1. The van der Waals surface area contributed by atoms with Crippen LogP contribution in [0.5, 0.6) is 0 Å². The topological polar surface area (TPSA) is 47.3 Å². The van der Waals surface area contributed by atoms with E-state index in [2.05, 4.69) is 11.9 Å². The van der Waals surface area contributed by atoms with E-state index in [-0.39, 0.29) is 0 Å². The van der Waals surface area contributed by atoms with Gasteiger partial charge in [-0.15, -0.1) is 0 Å². The predicted molar refractivity (Wildman–Crippen MR) is 56.1 cm³/mol. The molecule has 0 bridgehead atoms. The summed E-state index contributed by atoms with van der Waals surface area (Å²) in [5, 5.41) is 10.1. The van der Waals surface area contributed by atoms with Gasteiger partial charge in [0.2, 0.25) is 0 Å². The standard InChI is InChI=1S/C11H16N2O2/c1-2-5-13-8-12-7-9(13)11(14)10-4-3-6-15-10/h4,7-8,11,14H,2-3,5-6H2,1H3. The minimum Gasteiger partial charge on any atom is -0.495 e. The molecule has 1 aromatic heterocycles. The molecule has 2 heterocycles. The normalized spacial score (nSPS) is 17.3. The van der Waals surface area contributed by atoms with Crippen molar-refractivity contribution in [3.8, 4) is 0 Å². The number of aromatic nitrogens is 2. The maximum atomic E-state index is 10.1. The van der Waals surface area contributed by atoms with E-state index in [9.17, 15) is 5.11 Å². The van der Waals surface area contributed by atoms with Crippen LogP contribution in [0.1, 0.15) is 31.6 Å². The van der Waals surface area contributed by atoms with Crippen LogP contribution in [0, 0.1) is 0 Å². The molecular formula is C11H16N2O2. The summed E-state index contributed by atoms with van der Waals surface area (Å²) in [4.78, 5) is 4.05. The molecule has 4 heteroatoms. The second-order valence-electron chi connectivity index (χ2n) is 3.66. The van der Waals surface area contributed by atoms with E-state index in [1.54, 1.807) is 12.5 Å². The van der Waals surface area contributed by atoms with Crippen molar-refractivity contribution in [2.24, 2.45) is 0 Å². The lowest BCUT2D eigenvalue weighted by molar-refractivity contribution is 0.113. The first-order valence-corrected chi connectivity index (χ1v) is 5.34. The van der Waals surface area contributed by atoms with Gasteiger partial charge in [-0.2, -0.15) is 0 Å². The molecule has 15 heavy (non-hydrogen) atoms. The first-order valence-electron chi connectivity index (χ1n) is 5.34. The predicted octanol–water partition coefficient (Wildman–Crippen LogP) is 1.63. The Morgan fingerprint density at radius 2 is 2.53 bits per heavy atom. The van der Waals surface area contributed by atoms with Gasteiger partial charge in [-0.1, -0.05) is 6.92 Å². The molecular weight excluding hydrogens is 192 g/mol. The van der Waals surface area contributed by atoms with E-state index in [1.807, 2.05) is 10.6 Å². The highest BCUT2D eigenvalue weighted by atomic mass is 16.5. The largest absolute Gasteiger partial charge is 0.495 e. The monoisotopic (exact) mass is 208 g/mol. The fraction of sp³-hybridized carbons (Fsp3) is 0.545. The third-order valence-electron chi connectivity index (χ3n) is 2.49. The molecule has 1 unspecified atom stereocenters. The first-order chi connectivity index (χ1) is 7.33. The molecule has 1 aliphatic heterocycles. The summed E-state index contributed by atoms with van der Waals surface area (Å²) >= 11 is 0. The van der Waals surface area contributed by atoms with Crippen molar-refractivity contribution in [3.05, 3.63) is 30.1 Å². The summed E-state index contributed by atoms with van der Waals surface area (Å²) in [6.45, 7) is 3.65. The molecule has 1 aromatic rings. The molecule has 0 spiro atoms. The van der Waals surface area contributed by atoms with Crippen molar-refractivity contribution in [3.63, 3.8) is 0 Å². The Labute approximate surface area is 89.2 Å². The molecule has 82 valence electrons. The first kappa shape index (κ1) is 10.2. The minimum atomic E-state index is -0.665. The van der Waals surface area contributed by atoms with Crippen LogP contribution in [-0.2, 0) is 11.3 Å². The lowest BCUT2D eigenvalue weighted by Crippen LogP contribution is -2.09. The molecule has 0 aromatic carbocycles. The molecule has 0 saturated heterocycles. The number of aliphatic hydroxyl groups excluding tert-OH is 1. The van der Waals surface area contributed by atoms with Crippen LogP contribution in [0.15, 0.2) is 24.4 Å². The van der Waals surface area contributed by atoms with E-state index in [1.165, 1.54) is 0 Å². The number of hydrogen-bond donors (Lipinski definition) is 1. The van der Waals surface area contributed by atoms with Gasteiger partial charge in [-0.25, -0.2) is 4.98 Å². The zero-order valence-electron chi connectivity index (χ0n) is 8.89. The Hall–Kier alpha value is -1.29. The number of imidazole rings is 1. The average Bonchev–Trinajstić information content (AvgIpc) is 2.87. The van der Waals surface area contributed by atoms with E-state index >= 15 is 0 Å². The lowest BCUT2D eigenvalue weighted by atomic mass is 10.2. The second-order valence-corrected chi connectivity index (χ2v) is 3.66. The van der Waals surface area contributed by atoms with Crippen LogP contribution < -0.4 is 0 Å². The molecule has 4 nitrogen and oxygen atoms in total. The minimum absolute atomic E-state index is 0.660. The summed E-state index contributed by atoms with van der Waals surface area (Å²) in [6.07, 6.45) is 6.63. The maximum Gasteiger partial charge on any atom is 0.152 e. The highest BCUT2D eigenvalue weighted by molar-refractivity contribution is 5.16. The molecule has 1 N–H and O–H groups in total. The van der Waals surface area contributed by atoms with Crippen LogP contribution in [-0.4, -0.2) is 21.3 Å².